The Morgan fingerprint density at radius 3 is 2.52 bits per heavy atom. The first-order chi connectivity index (χ1) is 27.8. The monoisotopic (exact) mass is 831 g/mol. The average Bonchev–Trinajstić information content (AvgIpc) is 3.94. The lowest BCUT2D eigenvalue weighted by molar-refractivity contribution is -0.136. The molecule has 2 aromatic heterocycles. The molecular formula is C39H41N7O10S2. The number of aromatic nitrogens is 2. The normalized spacial score (nSPS) is 15.7. The molecule has 4 N–H and O–H groups in total. The number of imide groups is 2. The predicted molar refractivity (Wildman–Crippen MR) is 211 cm³/mol. The van der Waals surface area contributed by atoms with Crippen molar-refractivity contribution in [1.82, 2.24) is 29.8 Å². The van der Waals surface area contributed by atoms with Crippen LogP contribution in [0.1, 0.15) is 82.4 Å². The van der Waals surface area contributed by atoms with Crippen LogP contribution in [-0.4, -0.2) is 95.1 Å². The van der Waals surface area contributed by atoms with Crippen LogP contribution in [0.4, 0.5) is 5.13 Å². The quantitative estimate of drug-likeness (QED) is 0.0841. The van der Waals surface area contributed by atoms with Gasteiger partial charge in [0.1, 0.15) is 17.8 Å². The number of carbonyl (C=O) groups excluding carboxylic acids is 7. The highest BCUT2D eigenvalue weighted by atomic mass is 32.2. The van der Waals surface area contributed by atoms with E-state index in [1.807, 2.05) is 35.7 Å². The summed E-state index contributed by atoms with van der Waals surface area (Å²) in [4.78, 5) is 94.7. The average molecular weight is 832 g/mol. The first kappa shape index (κ1) is 41.4. The highest BCUT2D eigenvalue weighted by Gasteiger charge is 2.46. The van der Waals surface area contributed by atoms with Crippen molar-refractivity contribution in [3.05, 3.63) is 89.1 Å². The van der Waals surface area contributed by atoms with Crippen LogP contribution in [0.25, 0.3) is 11.3 Å². The van der Waals surface area contributed by atoms with Crippen molar-refractivity contribution >= 4 is 67.8 Å². The second-order valence-corrected chi connectivity index (χ2v) is 16.4. The molecule has 7 amide bonds. The number of amides is 7. The third-order valence-corrected chi connectivity index (χ3v) is 11.2. The second-order valence-electron chi connectivity index (χ2n) is 13.7. The summed E-state index contributed by atoms with van der Waals surface area (Å²) in [7, 11) is -3.61. The minimum atomic E-state index is -3.61. The van der Waals surface area contributed by atoms with Gasteiger partial charge in [0.2, 0.25) is 33.7 Å². The van der Waals surface area contributed by atoms with Crippen molar-refractivity contribution in [1.29, 1.82) is 0 Å². The molecule has 0 radical (unpaired) electrons. The Balaban J connectivity index is 0.945. The van der Waals surface area contributed by atoms with Crippen LogP contribution in [0.2, 0.25) is 0 Å². The molecule has 2 aromatic carbocycles. The van der Waals surface area contributed by atoms with Crippen LogP contribution in [0.3, 0.4) is 0 Å². The number of nitrogens with zero attached hydrogens (tertiary/aromatic N) is 3. The molecule has 0 bridgehead atoms. The number of unbranched alkanes of at least 4 members (excludes halogenated alkanes) is 2. The number of fused-ring (bicyclic) bond motifs is 1. The van der Waals surface area contributed by atoms with Gasteiger partial charge in [0.15, 0.2) is 5.13 Å². The minimum absolute atomic E-state index is 0.0125. The van der Waals surface area contributed by atoms with E-state index in [9.17, 15) is 42.0 Å². The molecule has 4 aromatic rings. The minimum Gasteiger partial charge on any atom is -0.493 e. The molecule has 1 saturated heterocycles. The summed E-state index contributed by atoms with van der Waals surface area (Å²) in [6.45, 7) is 0.476. The van der Waals surface area contributed by atoms with E-state index in [1.54, 1.807) is 12.1 Å². The molecule has 0 saturated carbocycles. The smallest absolute Gasteiger partial charge is 0.266 e. The molecule has 17 nitrogen and oxygen atoms in total. The predicted octanol–water partition coefficient (Wildman–Crippen LogP) is 3.09. The van der Waals surface area contributed by atoms with Gasteiger partial charge in [0.25, 0.3) is 17.7 Å². The fraction of sp³-hybridized carbons (Fsp3) is 0.333. The summed E-state index contributed by atoms with van der Waals surface area (Å²) in [6, 6.07) is 13.3. The van der Waals surface area contributed by atoms with E-state index in [0.717, 1.165) is 20.7 Å². The Kier molecular flexibility index (Phi) is 13.1. The molecule has 0 aliphatic carbocycles. The van der Waals surface area contributed by atoms with E-state index in [-0.39, 0.29) is 60.6 Å². The highest BCUT2D eigenvalue weighted by molar-refractivity contribution is 7.89. The van der Waals surface area contributed by atoms with Gasteiger partial charge in [-0.3, -0.25) is 47.8 Å². The van der Waals surface area contributed by atoms with Gasteiger partial charge in [0, 0.05) is 42.7 Å². The van der Waals surface area contributed by atoms with Gasteiger partial charge in [0.05, 0.1) is 35.2 Å². The SMILES string of the molecule is CS(=O)(=O)n1ccc(C(=O)N[C@@H](CCCCNC(=O)CCCCOc2cccc3c2C(=O)N(C2CCC(=O)NC2=O)C3=O)C(=O)Nc2nc(-c3ccccc3)cs2)c1. The molecule has 6 rings (SSSR count). The maximum Gasteiger partial charge on any atom is 0.266 e. The van der Waals surface area contributed by atoms with Gasteiger partial charge < -0.3 is 20.7 Å². The van der Waals surface area contributed by atoms with E-state index < -0.39 is 57.6 Å². The van der Waals surface area contributed by atoms with Crippen LogP contribution in [0.5, 0.6) is 5.75 Å². The van der Waals surface area contributed by atoms with Crippen molar-refractivity contribution in [2.45, 2.75) is 63.5 Å². The Bertz CT molecular complexity index is 2340. The van der Waals surface area contributed by atoms with Gasteiger partial charge in [-0.15, -0.1) is 11.3 Å². The molecule has 0 spiro atoms. The summed E-state index contributed by atoms with van der Waals surface area (Å²) >= 11 is 1.24. The number of thiazole rings is 1. The van der Waals surface area contributed by atoms with Gasteiger partial charge in [-0.1, -0.05) is 36.4 Å². The van der Waals surface area contributed by atoms with Crippen LogP contribution in [0.15, 0.2) is 72.4 Å². The van der Waals surface area contributed by atoms with E-state index in [1.165, 1.54) is 35.9 Å². The number of anilines is 1. The Morgan fingerprint density at radius 1 is 0.983 bits per heavy atom. The molecular weight excluding hydrogens is 791 g/mol. The van der Waals surface area contributed by atoms with Crippen molar-refractivity contribution < 1.29 is 46.7 Å². The Hall–Kier alpha value is -6.21. The number of benzene rings is 2. The van der Waals surface area contributed by atoms with Gasteiger partial charge >= 0.3 is 0 Å². The first-order valence-electron chi connectivity index (χ1n) is 18.6. The fourth-order valence-corrected chi connectivity index (χ4v) is 7.77. The summed E-state index contributed by atoms with van der Waals surface area (Å²) in [5.41, 5.74) is 1.79. The Labute approximate surface area is 337 Å². The van der Waals surface area contributed by atoms with Crippen LogP contribution in [-0.2, 0) is 29.2 Å². The van der Waals surface area contributed by atoms with Crippen LogP contribution >= 0.6 is 11.3 Å². The molecule has 2 aliphatic rings. The first-order valence-corrected chi connectivity index (χ1v) is 21.3. The second kappa shape index (κ2) is 18.4. The molecule has 304 valence electrons. The maximum absolute atomic E-state index is 13.4. The number of ether oxygens (including phenoxy) is 1. The number of rotatable bonds is 18. The third-order valence-electron chi connectivity index (χ3n) is 9.47. The number of nitrogens with one attached hydrogen (secondary N) is 4. The number of hydrogen-bond donors (Lipinski definition) is 4. The lowest BCUT2D eigenvalue weighted by atomic mass is 10.0. The zero-order chi connectivity index (χ0) is 41.4. The van der Waals surface area contributed by atoms with E-state index in [0.29, 0.717) is 43.1 Å². The standard InChI is InChI=1S/C39H41N7O10S2/c1-58(54,55)45-20-18-25(22-45)34(49)41-27(35(50)44-39-42-28(23-57-39)24-10-3-2-4-11-24)13-5-7-19-40-31(47)15-6-8-21-56-30-14-9-12-26-33(30)38(53)46(37(26)52)29-16-17-32(48)43-36(29)51/h2-4,9-12,14,18,20,22-23,27,29H,5-8,13,15-17,19,21H2,1H3,(H,40,47)(H,41,49)(H,42,44,50)(H,43,48,51)/t27-,29?/m0/s1. The van der Waals surface area contributed by atoms with Crippen molar-refractivity contribution in [3.8, 4) is 17.0 Å². The zero-order valence-corrected chi connectivity index (χ0v) is 33.0. The van der Waals surface area contributed by atoms with Crippen molar-refractivity contribution in [2.75, 3.05) is 24.7 Å². The number of carbonyl (C=O) groups is 7. The third kappa shape index (κ3) is 10.0. The van der Waals surface area contributed by atoms with E-state index in [2.05, 4.69) is 26.3 Å². The Morgan fingerprint density at radius 2 is 1.78 bits per heavy atom. The highest BCUT2D eigenvalue weighted by Crippen LogP contribution is 2.34. The lowest BCUT2D eigenvalue weighted by Gasteiger charge is -2.27. The molecule has 4 heterocycles. The van der Waals surface area contributed by atoms with Crippen LogP contribution in [0, 0.1) is 0 Å². The molecule has 58 heavy (non-hydrogen) atoms. The van der Waals surface area contributed by atoms with Crippen molar-refractivity contribution in [3.63, 3.8) is 0 Å². The molecule has 19 heteroatoms. The topological polar surface area (TPSA) is 232 Å². The molecule has 2 aliphatic heterocycles. The largest absolute Gasteiger partial charge is 0.493 e. The summed E-state index contributed by atoms with van der Waals surface area (Å²) in [6.07, 6.45) is 5.77. The maximum atomic E-state index is 13.4. The fourth-order valence-electron chi connectivity index (χ4n) is 6.46. The zero-order valence-electron chi connectivity index (χ0n) is 31.4. The summed E-state index contributed by atoms with van der Waals surface area (Å²) < 4.78 is 30.6. The molecule has 1 fully saturated rings. The summed E-state index contributed by atoms with van der Waals surface area (Å²) in [5, 5.41) is 12.6. The van der Waals surface area contributed by atoms with Gasteiger partial charge in [-0.2, -0.15) is 0 Å². The van der Waals surface area contributed by atoms with E-state index in [4.69, 9.17) is 4.74 Å². The van der Waals surface area contributed by atoms with Crippen LogP contribution < -0.4 is 26.0 Å². The molecule has 1 unspecified atom stereocenters. The van der Waals surface area contributed by atoms with Gasteiger partial charge in [-0.05, 0) is 56.7 Å². The number of hydrogen-bond acceptors (Lipinski definition) is 12. The number of piperidine rings is 1. The van der Waals surface area contributed by atoms with Crippen molar-refractivity contribution in [2.24, 2.45) is 0 Å². The summed E-state index contributed by atoms with van der Waals surface area (Å²) in [5.74, 6) is -3.59. The molecule has 2 atom stereocenters. The lowest BCUT2D eigenvalue weighted by Crippen LogP contribution is -2.54. The van der Waals surface area contributed by atoms with E-state index >= 15 is 0 Å². The van der Waals surface area contributed by atoms with Gasteiger partial charge in [-0.25, -0.2) is 13.4 Å².